The fraction of sp³-hybridized carbons (Fsp3) is 0.429. The van der Waals surface area contributed by atoms with Gasteiger partial charge in [0, 0.05) is 27.2 Å². The summed E-state index contributed by atoms with van der Waals surface area (Å²) in [6.07, 6.45) is 0. The quantitative estimate of drug-likeness (QED) is 0.906. The third-order valence-corrected chi connectivity index (χ3v) is 4.94. The Labute approximate surface area is 117 Å². The highest BCUT2D eigenvalue weighted by Gasteiger charge is 2.22. The Morgan fingerprint density at radius 2 is 2.11 bits per heavy atom. The van der Waals surface area contributed by atoms with Crippen LogP contribution in [-0.2, 0) is 6.54 Å². The molecule has 0 radical (unpaired) electrons. The van der Waals surface area contributed by atoms with Crippen LogP contribution < -0.4 is 5.73 Å². The molecular weight excluding hydrogens is 260 g/mol. The molecule has 0 aliphatic carbocycles. The Hall–Kier alpha value is -0.680. The maximum absolute atomic E-state index is 6.18. The van der Waals surface area contributed by atoms with Gasteiger partial charge in [0.05, 0.1) is 6.04 Å². The predicted octanol–water partition coefficient (Wildman–Crippen LogP) is 3.64. The summed E-state index contributed by atoms with van der Waals surface area (Å²) in [4.78, 5) is 6.44. The van der Waals surface area contributed by atoms with Gasteiger partial charge < -0.3 is 5.73 Å². The highest BCUT2D eigenvalue weighted by molar-refractivity contribution is 7.12. The third kappa shape index (κ3) is 3.20. The molecule has 0 bridgehead atoms. The van der Waals surface area contributed by atoms with Crippen molar-refractivity contribution in [3.63, 3.8) is 0 Å². The second kappa shape index (κ2) is 5.97. The van der Waals surface area contributed by atoms with E-state index in [4.69, 9.17) is 5.73 Å². The van der Waals surface area contributed by atoms with Gasteiger partial charge in [-0.15, -0.1) is 22.7 Å². The molecule has 2 atom stereocenters. The molecule has 0 aromatic carbocycles. The minimum Gasteiger partial charge on any atom is -0.326 e. The zero-order valence-electron chi connectivity index (χ0n) is 11.1. The van der Waals surface area contributed by atoms with E-state index in [1.807, 2.05) is 11.3 Å². The van der Waals surface area contributed by atoms with Crippen molar-refractivity contribution in [1.29, 1.82) is 0 Å². The lowest BCUT2D eigenvalue weighted by atomic mass is 10.1. The molecule has 2 rings (SSSR count). The number of nitrogens with zero attached hydrogens (tertiary/aromatic N) is 1. The maximum Gasteiger partial charge on any atom is 0.0591 e. The molecular formula is C14H20N2S2. The number of nitrogens with two attached hydrogens (primary N) is 1. The molecule has 0 fully saturated rings. The first kappa shape index (κ1) is 13.7. The first-order chi connectivity index (χ1) is 8.58. The normalized spacial score (nSPS) is 14.9. The molecule has 2 nitrogen and oxygen atoms in total. The molecule has 2 N–H and O–H groups in total. The van der Waals surface area contributed by atoms with Crippen LogP contribution in [0.25, 0.3) is 0 Å². The lowest BCUT2D eigenvalue weighted by Crippen LogP contribution is -2.36. The SMILES string of the molecule is Cc1ccc(C(C(C)N)N(C)Cc2cccs2)s1. The van der Waals surface area contributed by atoms with Crippen molar-refractivity contribution in [2.24, 2.45) is 5.73 Å². The molecule has 2 aromatic rings. The fourth-order valence-electron chi connectivity index (χ4n) is 2.24. The Balaban J connectivity index is 2.15. The largest absolute Gasteiger partial charge is 0.326 e. The van der Waals surface area contributed by atoms with Crippen LogP contribution >= 0.6 is 22.7 Å². The van der Waals surface area contributed by atoms with Crippen LogP contribution in [-0.4, -0.2) is 18.0 Å². The van der Waals surface area contributed by atoms with E-state index in [0.717, 1.165) is 6.54 Å². The minimum absolute atomic E-state index is 0.132. The van der Waals surface area contributed by atoms with Crippen molar-refractivity contribution in [3.05, 3.63) is 44.3 Å². The number of rotatable bonds is 5. The summed E-state index contributed by atoms with van der Waals surface area (Å²) >= 11 is 3.65. The second-order valence-electron chi connectivity index (χ2n) is 4.75. The third-order valence-electron chi connectivity index (χ3n) is 3.01. The molecule has 0 aliphatic rings. The van der Waals surface area contributed by atoms with Crippen molar-refractivity contribution in [3.8, 4) is 0 Å². The predicted molar refractivity (Wildman–Crippen MR) is 81.2 cm³/mol. The molecule has 0 saturated carbocycles. The standard InChI is InChI=1S/C14H20N2S2/c1-10-6-7-13(18-10)14(11(2)15)16(3)9-12-5-4-8-17-12/h4-8,11,14H,9,15H2,1-3H3. The maximum atomic E-state index is 6.18. The molecule has 98 valence electrons. The summed E-state index contributed by atoms with van der Waals surface area (Å²) in [5.74, 6) is 0. The summed E-state index contributed by atoms with van der Waals surface area (Å²) in [6, 6.07) is 9.09. The van der Waals surface area contributed by atoms with Crippen molar-refractivity contribution in [2.75, 3.05) is 7.05 Å². The zero-order valence-corrected chi connectivity index (χ0v) is 12.7. The van der Waals surface area contributed by atoms with Gasteiger partial charge >= 0.3 is 0 Å². The van der Waals surface area contributed by atoms with E-state index in [-0.39, 0.29) is 6.04 Å². The van der Waals surface area contributed by atoms with Gasteiger partial charge in [-0.1, -0.05) is 6.07 Å². The fourth-order valence-corrected chi connectivity index (χ4v) is 4.16. The van der Waals surface area contributed by atoms with Crippen LogP contribution in [0.15, 0.2) is 29.6 Å². The molecule has 0 spiro atoms. The van der Waals surface area contributed by atoms with Gasteiger partial charge in [-0.05, 0) is 44.5 Å². The van der Waals surface area contributed by atoms with Crippen LogP contribution in [0.5, 0.6) is 0 Å². The molecule has 2 heterocycles. The van der Waals surface area contributed by atoms with Crippen LogP contribution in [0.1, 0.15) is 27.6 Å². The molecule has 4 heteroatoms. The summed E-state index contributed by atoms with van der Waals surface area (Å²) in [7, 11) is 2.16. The Morgan fingerprint density at radius 1 is 1.33 bits per heavy atom. The van der Waals surface area contributed by atoms with E-state index in [1.54, 1.807) is 11.3 Å². The van der Waals surface area contributed by atoms with E-state index in [0.29, 0.717) is 6.04 Å². The molecule has 2 unspecified atom stereocenters. The van der Waals surface area contributed by atoms with Crippen molar-refractivity contribution in [2.45, 2.75) is 32.5 Å². The highest BCUT2D eigenvalue weighted by Crippen LogP contribution is 2.30. The van der Waals surface area contributed by atoms with Crippen LogP contribution in [0.3, 0.4) is 0 Å². The number of thiophene rings is 2. The van der Waals surface area contributed by atoms with Crippen LogP contribution in [0.4, 0.5) is 0 Å². The van der Waals surface area contributed by atoms with Gasteiger partial charge in [0.1, 0.15) is 0 Å². The van der Waals surface area contributed by atoms with Crippen molar-refractivity contribution >= 4 is 22.7 Å². The highest BCUT2D eigenvalue weighted by atomic mass is 32.1. The smallest absolute Gasteiger partial charge is 0.0591 e. The zero-order chi connectivity index (χ0) is 13.1. The van der Waals surface area contributed by atoms with Gasteiger partial charge in [0.15, 0.2) is 0 Å². The van der Waals surface area contributed by atoms with E-state index >= 15 is 0 Å². The number of aryl methyl sites for hydroxylation is 1. The average Bonchev–Trinajstić information content (AvgIpc) is 2.90. The Morgan fingerprint density at radius 3 is 2.61 bits per heavy atom. The minimum atomic E-state index is 0.132. The van der Waals surface area contributed by atoms with E-state index < -0.39 is 0 Å². The summed E-state index contributed by atoms with van der Waals surface area (Å²) in [6.45, 7) is 5.19. The molecule has 0 amide bonds. The van der Waals surface area contributed by atoms with Gasteiger partial charge in [-0.2, -0.15) is 0 Å². The average molecular weight is 280 g/mol. The molecule has 18 heavy (non-hydrogen) atoms. The van der Waals surface area contributed by atoms with E-state index in [9.17, 15) is 0 Å². The number of likely N-dealkylation sites (N-methyl/N-ethyl adjacent to an activating group) is 1. The summed E-state index contributed by atoms with van der Waals surface area (Å²) < 4.78 is 0. The Kier molecular flexibility index (Phi) is 4.56. The summed E-state index contributed by atoms with van der Waals surface area (Å²) in [5.41, 5.74) is 6.18. The monoisotopic (exact) mass is 280 g/mol. The van der Waals surface area contributed by atoms with Crippen LogP contribution in [0.2, 0.25) is 0 Å². The van der Waals surface area contributed by atoms with Gasteiger partial charge in [0.25, 0.3) is 0 Å². The first-order valence-corrected chi connectivity index (χ1v) is 7.82. The first-order valence-electron chi connectivity index (χ1n) is 6.12. The molecule has 0 saturated heterocycles. The van der Waals surface area contributed by atoms with Gasteiger partial charge in [-0.25, -0.2) is 0 Å². The second-order valence-corrected chi connectivity index (χ2v) is 7.10. The van der Waals surface area contributed by atoms with Crippen molar-refractivity contribution < 1.29 is 0 Å². The van der Waals surface area contributed by atoms with E-state index in [1.165, 1.54) is 14.6 Å². The lowest BCUT2D eigenvalue weighted by Gasteiger charge is -2.30. The summed E-state index contributed by atoms with van der Waals surface area (Å²) in [5, 5.41) is 2.12. The van der Waals surface area contributed by atoms with Crippen LogP contribution in [0, 0.1) is 6.92 Å². The molecule has 0 aliphatic heterocycles. The number of hydrogen-bond donors (Lipinski definition) is 1. The molecule has 2 aromatic heterocycles. The van der Waals surface area contributed by atoms with Gasteiger partial charge in [-0.3, -0.25) is 4.90 Å². The Bertz CT molecular complexity index is 474. The van der Waals surface area contributed by atoms with Gasteiger partial charge in [0.2, 0.25) is 0 Å². The van der Waals surface area contributed by atoms with E-state index in [2.05, 4.69) is 55.4 Å². The number of hydrogen-bond acceptors (Lipinski definition) is 4. The lowest BCUT2D eigenvalue weighted by molar-refractivity contribution is 0.216. The van der Waals surface area contributed by atoms with Crippen molar-refractivity contribution in [1.82, 2.24) is 4.90 Å². The topological polar surface area (TPSA) is 29.3 Å².